The molecule has 1 N–H and O–H groups in total. The summed E-state index contributed by atoms with van der Waals surface area (Å²) < 4.78 is 0. The number of aliphatic hydroxyl groups excluding tert-OH is 1. The molecule has 0 bridgehead atoms. The van der Waals surface area contributed by atoms with Crippen molar-refractivity contribution in [1.82, 2.24) is 4.98 Å². The Labute approximate surface area is 93.2 Å². The number of hydrogen-bond donors (Lipinski definition) is 1. The van der Waals surface area contributed by atoms with Crippen molar-refractivity contribution in [3.05, 3.63) is 64.9 Å². The molecule has 1 heterocycles. The zero-order valence-electron chi connectivity index (χ0n) is 7.97. The summed E-state index contributed by atoms with van der Waals surface area (Å²) >= 11 is 5.77. The van der Waals surface area contributed by atoms with Crippen molar-refractivity contribution in [2.45, 2.75) is 6.10 Å². The van der Waals surface area contributed by atoms with Crippen LogP contribution in [0.25, 0.3) is 0 Å². The van der Waals surface area contributed by atoms with Gasteiger partial charge >= 0.3 is 0 Å². The molecule has 0 aliphatic carbocycles. The lowest BCUT2D eigenvalue weighted by molar-refractivity contribution is 0.220. The molecule has 0 spiro atoms. The molecule has 0 saturated carbocycles. The normalized spacial score (nSPS) is 12.4. The van der Waals surface area contributed by atoms with E-state index >= 15 is 0 Å². The highest BCUT2D eigenvalue weighted by Gasteiger charge is 2.09. The van der Waals surface area contributed by atoms with Crippen molar-refractivity contribution in [3.63, 3.8) is 0 Å². The average molecular weight is 220 g/mol. The second-order valence-electron chi connectivity index (χ2n) is 3.23. The van der Waals surface area contributed by atoms with Crippen LogP contribution in [-0.4, -0.2) is 10.1 Å². The predicted octanol–water partition coefficient (Wildman–Crippen LogP) is 2.82. The minimum absolute atomic E-state index is 0.620. The molecule has 2 rings (SSSR count). The molecule has 2 nitrogen and oxygen atoms in total. The molecule has 0 aliphatic rings. The van der Waals surface area contributed by atoms with Crippen molar-refractivity contribution >= 4 is 11.6 Å². The third kappa shape index (κ3) is 2.35. The molecule has 1 atom stereocenters. The fraction of sp³-hybridized carbons (Fsp3) is 0.0833. The second-order valence-corrected chi connectivity index (χ2v) is 3.67. The topological polar surface area (TPSA) is 33.1 Å². The van der Waals surface area contributed by atoms with Crippen LogP contribution in [0.15, 0.2) is 48.8 Å². The van der Waals surface area contributed by atoms with Gasteiger partial charge in [-0.25, -0.2) is 0 Å². The number of rotatable bonds is 2. The van der Waals surface area contributed by atoms with Gasteiger partial charge in [0.15, 0.2) is 0 Å². The maximum atomic E-state index is 10.0. The Kier molecular flexibility index (Phi) is 2.99. The lowest BCUT2D eigenvalue weighted by Gasteiger charge is -2.10. The predicted molar refractivity (Wildman–Crippen MR) is 59.8 cm³/mol. The van der Waals surface area contributed by atoms with Gasteiger partial charge in [0.25, 0.3) is 0 Å². The third-order valence-electron chi connectivity index (χ3n) is 2.21. The molecule has 1 aromatic carbocycles. The van der Waals surface area contributed by atoms with Gasteiger partial charge in [0, 0.05) is 17.4 Å². The van der Waals surface area contributed by atoms with Crippen molar-refractivity contribution in [3.8, 4) is 0 Å². The van der Waals surface area contributed by atoms with Crippen LogP contribution in [0, 0.1) is 0 Å². The highest BCUT2D eigenvalue weighted by molar-refractivity contribution is 6.30. The van der Waals surface area contributed by atoms with Crippen LogP contribution >= 0.6 is 11.6 Å². The zero-order chi connectivity index (χ0) is 10.7. The van der Waals surface area contributed by atoms with Crippen molar-refractivity contribution in [1.29, 1.82) is 0 Å². The molecular weight excluding hydrogens is 210 g/mol. The standard InChI is InChI=1S/C12H10ClNO/c13-11-3-1-9(2-4-11)12(15)10-5-7-14-8-6-10/h1-8,12,15H. The van der Waals surface area contributed by atoms with Crippen molar-refractivity contribution in [2.75, 3.05) is 0 Å². The first kappa shape index (κ1) is 10.1. The maximum absolute atomic E-state index is 10.0. The fourth-order valence-electron chi connectivity index (χ4n) is 1.38. The number of halogens is 1. The lowest BCUT2D eigenvalue weighted by Crippen LogP contribution is -1.98. The molecule has 0 saturated heterocycles. The molecule has 76 valence electrons. The second kappa shape index (κ2) is 4.43. The first-order valence-corrected chi connectivity index (χ1v) is 4.98. The first-order chi connectivity index (χ1) is 7.27. The van der Waals surface area contributed by atoms with E-state index in [4.69, 9.17) is 11.6 Å². The van der Waals surface area contributed by atoms with Gasteiger partial charge in [0.2, 0.25) is 0 Å². The molecule has 1 unspecified atom stereocenters. The summed E-state index contributed by atoms with van der Waals surface area (Å²) in [5, 5.41) is 10.7. The summed E-state index contributed by atoms with van der Waals surface area (Å²) in [7, 11) is 0. The summed E-state index contributed by atoms with van der Waals surface area (Å²) in [5.74, 6) is 0. The Morgan fingerprint density at radius 2 is 1.47 bits per heavy atom. The van der Waals surface area contributed by atoms with Crippen LogP contribution < -0.4 is 0 Å². The van der Waals surface area contributed by atoms with Gasteiger partial charge < -0.3 is 5.11 Å². The summed E-state index contributed by atoms with van der Waals surface area (Å²) in [6.07, 6.45) is 2.70. The maximum Gasteiger partial charge on any atom is 0.104 e. The van der Waals surface area contributed by atoms with Crippen LogP contribution in [0.5, 0.6) is 0 Å². The zero-order valence-corrected chi connectivity index (χ0v) is 8.72. The van der Waals surface area contributed by atoms with E-state index < -0.39 is 6.10 Å². The van der Waals surface area contributed by atoms with E-state index in [0.717, 1.165) is 11.1 Å². The Hall–Kier alpha value is -1.38. The van der Waals surface area contributed by atoms with E-state index in [1.54, 1.807) is 36.7 Å². The van der Waals surface area contributed by atoms with Gasteiger partial charge in [0.05, 0.1) is 0 Å². The van der Waals surface area contributed by atoms with E-state index in [-0.39, 0.29) is 0 Å². The largest absolute Gasteiger partial charge is 0.384 e. The van der Waals surface area contributed by atoms with Crippen molar-refractivity contribution in [2.24, 2.45) is 0 Å². The van der Waals surface area contributed by atoms with Crippen LogP contribution in [0.1, 0.15) is 17.2 Å². The van der Waals surface area contributed by atoms with Crippen LogP contribution in [-0.2, 0) is 0 Å². The van der Waals surface area contributed by atoms with Gasteiger partial charge in [-0.2, -0.15) is 0 Å². The number of pyridine rings is 1. The highest BCUT2D eigenvalue weighted by Crippen LogP contribution is 2.22. The van der Waals surface area contributed by atoms with E-state index in [2.05, 4.69) is 4.98 Å². The number of aliphatic hydroxyl groups is 1. The lowest BCUT2D eigenvalue weighted by atomic mass is 10.0. The van der Waals surface area contributed by atoms with Crippen molar-refractivity contribution < 1.29 is 5.11 Å². The van der Waals surface area contributed by atoms with Gasteiger partial charge in [-0.1, -0.05) is 23.7 Å². The number of nitrogens with zero attached hydrogens (tertiary/aromatic N) is 1. The molecule has 3 heteroatoms. The Morgan fingerprint density at radius 1 is 0.933 bits per heavy atom. The average Bonchev–Trinajstić information content (AvgIpc) is 2.30. The Morgan fingerprint density at radius 3 is 2.07 bits per heavy atom. The summed E-state index contributed by atoms with van der Waals surface area (Å²) in [5.41, 5.74) is 1.65. The monoisotopic (exact) mass is 219 g/mol. The number of aromatic nitrogens is 1. The van der Waals surface area contributed by atoms with E-state index in [1.807, 2.05) is 12.1 Å². The fourth-order valence-corrected chi connectivity index (χ4v) is 1.51. The summed E-state index contributed by atoms with van der Waals surface area (Å²) in [6, 6.07) is 10.7. The third-order valence-corrected chi connectivity index (χ3v) is 2.46. The molecule has 1 aromatic heterocycles. The van der Waals surface area contributed by atoms with Gasteiger partial charge in [-0.15, -0.1) is 0 Å². The highest BCUT2D eigenvalue weighted by atomic mass is 35.5. The first-order valence-electron chi connectivity index (χ1n) is 4.61. The molecule has 0 radical (unpaired) electrons. The van der Waals surface area contributed by atoms with E-state index in [9.17, 15) is 5.11 Å². The minimum Gasteiger partial charge on any atom is -0.384 e. The van der Waals surface area contributed by atoms with Gasteiger partial charge in [-0.3, -0.25) is 4.98 Å². The SMILES string of the molecule is OC(c1ccncc1)c1ccc(Cl)cc1. The van der Waals surface area contributed by atoms with E-state index in [1.165, 1.54) is 0 Å². The molecular formula is C12H10ClNO. The summed E-state index contributed by atoms with van der Waals surface area (Å²) in [4.78, 5) is 3.90. The van der Waals surface area contributed by atoms with Gasteiger partial charge in [0.1, 0.15) is 6.10 Å². The quantitative estimate of drug-likeness (QED) is 0.843. The molecule has 0 amide bonds. The Balaban J connectivity index is 2.29. The smallest absolute Gasteiger partial charge is 0.104 e. The summed E-state index contributed by atoms with van der Waals surface area (Å²) in [6.45, 7) is 0. The molecule has 0 aliphatic heterocycles. The van der Waals surface area contributed by atoms with Crippen LogP contribution in [0.2, 0.25) is 5.02 Å². The van der Waals surface area contributed by atoms with Crippen LogP contribution in [0.4, 0.5) is 0 Å². The minimum atomic E-state index is -0.620. The molecule has 0 fully saturated rings. The number of hydrogen-bond acceptors (Lipinski definition) is 2. The number of benzene rings is 1. The molecule has 2 aromatic rings. The van der Waals surface area contributed by atoms with E-state index in [0.29, 0.717) is 5.02 Å². The van der Waals surface area contributed by atoms with Gasteiger partial charge in [-0.05, 0) is 35.4 Å². The van der Waals surface area contributed by atoms with Crippen LogP contribution in [0.3, 0.4) is 0 Å². The Bertz CT molecular complexity index is 427. The molecule has 15 heavy (non-hydrogen) atoms.